The predicted octanol–water partition coefficient (Wildman–Crippen LogP) is 5.34. The predicted molar refractivity (Wildman–Crippen MR) is 140 cm³/mol. The number of halogens is 2. The molecule has 0 bridgehead atoms. The molecule has 0 aliphatic heterocycles. The van der Waals surface area contributed by atoms with Gasteiger partial charge in [0.05, 0.1) is 12.7 Å². The number of carbonyl (C=O) groups is 2. The third-order valence-corrected chi connectivity index (χ3v) is 6.68. The normalized spacial score (nSPS) is 12.2. The average Bonchev–Trinajstić information content (AvgIpc) is 3.09. The summed E-state index contributed by atoms with van der Waals surface area (Å²) in [4.78, 5) is 26.2. The van der Waals surface area contributed by atoms with Crippen LogP contribution < -0.4 is 10.5 Å². The van der Waals surface area contributed by atoms with Gasteiger partial charge in [0.1, 0.15) is 36.2 Å². The van der Waals surface area contributed by atoms with E-state index in [1.807, 2.05) is 39.0 Å². The Morgan fingerprint density at radius 1 is 1.09 bits per heavy atom. The van der Waals surface area contributed by atoms with Gasteiger partial charge in [-0.1, -0.05) is 32.0 Å². The lowest BCUT2D eigenvalue weighted by molar-refractivity contribution is -0.149. The highest BCUT2D eigenvalue weighted by Gasteiger charge is 2.26. The molecule has 0 saturated carbocycles. The number of benzene rings is 2. The SMILES string of the molecule is CC(C)[C@@H](C)OC(=O)Cc1oc2ccccc2c1C(=O)c1cc(I)c(OCCN)c(I)c1. The van der Waals surface area contributed by atoms with E-state index in [4.69, 9.17) is 19.6 Å². The number of hydrogen-bond acceptors (Lipinski definition) is 6. The third-order valence-electron chi connectivity index (χ3n) is 5.08. The maximum absolute atomic E-state index is 13.6. The Balaban J connectivity index is 1.99. The van der Waals surface area contributed by atoms with Crippen molar-refractivity contribution in [3.63, 3.8) is 0 Å². The van der Waals surface area contributed by atoms with Crippen LogP contribution in [0.4, 0.5) is 0 Å². The van der Waals surface area contributed by atoms with Crippen molar-refractivity contribution in [3.8, 4) is 5.75 Å². The molecule has 3 rings (SSSR count). The summed E-state index contributed by atoms with van der Waals surface area (Å²) in [5, 5.41) is 0.672. The standard InChI is InChI=1S/C24H25I2NO5/c1-13(2)14(3)31-21(28)12-20-22(16-6-4-5-7-19(16)32-20)23(29)15-10-17(25)24(18(26)11-15)30-9-8-27/h4-7,10-11,13-14H,8-9,12,27H2,1-3H3/t14-/m1/s1. The Kier molecular flexibility index (Phi) is 8.56. The summed E-state index contributed by atoms with van der Waals surface area (Å²) in [7, 11) is 0. The first-order valence-corrected chi connectivity index (χ1v) is 12.4. The van der Waals surface area contributed by atoms with Crippen LogP contribution in [0.2, 0.25) is 0 Å². The van der Waals surface area contributed by atoms with Gasteiger partial charge >= 0.3 is 5.97 Å². The topological polar surface area (TPSA) is 91.8 Å². The Morgan fingerprint density at radius 3 is 2.38 bits per heavy atom. The number of esters is 1. The molecule has 1 atom stereocenters. The first-order chi connectivity index (χ1) is 15.2. The fourth-order valence-corrected chi connectivity index (χ4v) is 5.20. The molecule has 8 heteroatoms. The molecule has 32 heavy (non-hydrogen) atoms. The van der Waals surface area contributed by atoms with E-state index in [-0.39, 0.29) is 24.2 Å². The molecule has 0 unspecified atom stereocenters. The Labute approximate surface area is 214 Å². The van der Waals surface area contributed by atoms with Crippen molar-refractivity contribution >= 4 is 67.9 Å². The van der Waals surface area contributed by atoms with Crippen molar-refractivity contribution in [1.29, 1.82) is 0 Å². The first-order valence-electron chi connectivity index (χ1n) is 10.3. The second-order valence-electron chi connectivity index (χ2n) is 7.75. The number of para-hydroxylation sites is 1. The zero-order chi connectivity index (χ0) is 23.4. The highest BCUT2D eigenvalue weighted by molar-refractivity contribution is 14.1. The Morgan fingerprint density at radius 2 is 1.75 bits per heavy atom. The van der Waals surface area contributed by atoms with Crippen molar-refractivity contribution < 1.29 is 23.5 Å². The first kappa shape index (κ1) is 25.0. The van der Waals surface area contributed by atoms with Gasteiger partial charge in [-0.15, -0.1) is 0 Å². The number of hydrogen-bond donors (Lipinski definition) is 1. The fourth-order valence-electron chi connectivity index (χ4n) is 3.12. The quantitative estimate of drug-likeness (QED) is 0.189. The largest absolute Gasteiger partial charge is 0.490 e. The van der Waals surface area contributed by atoms with E-state index in [0.29, 0.717) is 46.8 Å². The van der Waals surface area contributed by atoms with Crippen molar-refractivity contribution in [1.82, 2.24) is 0 Å². The highest BCUT2D eigenvalue weighted by Crippen LogP contribution is 2.33. The molecule has 6 nitrogen and oxygen atoms in total. The molecule has 0 radical (unpaired) electrons. The van der Waals surface area contributed by atoms with Crippen LogP contribution in [0.15, 0.2) is 40.8 Å². The summed E-state index contributed by atoms with van der Waals surface area (Å²) in [6.07, 6.45) is -0.339. The van der Waals surface area contributed by atoms with E-state index in [1.165, 1.54) is 0 Å². The minimum atomic E-state index is -0.422. The van der Waals surface area contributed by atoms with E-state index < -0.39 is 5.97 Å². The van der Waals surface area contributed by atoms with Crippen molar-refractivity contribution in [3.05, 3.63) is 60.4 Å². The molecule has 0 amide bonds. The van der Waals surface area contributed by atoms with Crippen LogP contribution in [0.3, 0.4) is 0 Å². The monoisotopic (exact) mass is 661 g/mol. The molecule has 0 aliphatic rings. The van der Waals surface area contributed by atoms with Gasteiger partial charge in [-0.2, -0.15) is 0 Å². The smallest absolute Gasteiger partial charge is 0.313 e. The second kappa shape index (κ2) is 11.0. The van der Waals surface area contributed by atoms with E-state index in [0.717, 1.165) is 7.14 Å². The number of carbonyl (C=O) groups excluding carboxylic acids is 2. The highest BCUT2D eigenvalue weighted by atomic mass is 127. The molecule has 1 heterocycles. The second-order valence-corrected chi connectivity index (χ2v) is 10.1. The molecule has 1 aromatic heterocycles. The Bertz CT molecular complexity index is 1120. The molecule has 0 saturated heterocycles. The van der Waals surface area contributed by atoms with Crippen LogP contribution in [0.5, 0.6) is 5.75 Å². The molecule has 2 aromatic carbocycles. The Hall–Kier alpha value is -1.66. The van der Waals surface area contributed by atoms with E-state index in [1.54, 1.807) is 18.2 Å². The van der Waals surface area contributed by atoms with Gasteiger partial charge in [0.25, 0.3) is 0 Å². The van der Waals surface area contributed by atoms with Gasteiger partial charge in [0, 0.05) is 17.5 Å². The van der Waals surface area contributed by atoms with Gasteiger partial charge in [0.2, 0.25) is 0 Å². The number of ether oxygens (including phenoxy) is 2. The lowest BCUT2D eigenvalue weighted by Gasteiger charge is -2.16. The number of ketones is 1. The van der Waals surface area contributed by atoms with E-state index in [9.17, 15) is 9.59 Å². The summed E-state index contributed by atoms with van der Waals surface area (Å²) in [5.41, 5.74) is 6.98. The molecule has 2 N–H and O–H groups in total. The molecule has 170 valence electrons. The van der Waals surface area contributed by atoms with Crippen molar-refractivity contribution in [2.45, 2.75) is 33.3 Å². The lowest BCUT2D eigenvalue weighted by Crippen LogP contribution is -2.21. The van der Waals surface area contributed by atoms with E-state index >= 15 is 0 Å². The van der Waals surface area contributed by atoms with Crippen LogP contribution >= 0.6 is 45.2 Å². The maximum atomic E-state index is 13.6. The van der Waals surface area contributed by atoms with Gasteiger partial charge < -0.3 is 19.6 Å². The molecular formula is C24H25I2NO5. The van der Waals surface area contributed by atoms with Gasteiger partial charge in [0.15, 0.2) is 5.78 Å². The lowest BCUT2D eigenvalue weighted by atomic mass is 9.99. The van der Waals surface area contributed by atoms with Crippen LogP contribution in [0.1, 0.15) is 42.5 Å². The summed E-state index contributed by atoms with van der Waals surface area (Å²) in [6, 6.07) is 10.8. The van der Waals surface area contributed by atoms with Crippen molar-refractivity contribution in [2.24, 2.45) is 11.7 Å². The van der Waals surface area contributed by atoms with Crippen molar-refractivity contribution in [2.75, 3.05) is 13.2 Å². The van der Waals surface area contributed by atoms with Gasteiger partial charge in [-0.05, 0) is 76.2 Å². The number of furan rings is 1. The molecule has 0 fully saturated rings. The summed E-state index contributed by atoms with van der Waals surface area (Å²) in [6.45, 7) is 6.62. The maximum Gasteiger partial charge on any atom is 0.313 e. The number of nitrogens with two attached hydrogens (primary N) is 1. The zero-order valence-corrected chi connectivity index (χ0v) is 22.4. The average molecular weight is 661 g/mol. The minimum Gasteiger partial charge on any atom is -0.490 e. The molecule has 0 aliphatic carbocycles. The van der Waals surface area contributed by atoms with E-state index in [2.05, 4.69) is 45.2 Å². The number of rotatable bonds is 9. The van der Waals surface area contributed by atoms with Crippen LogP contribution in [-0.4, -0.2) is 31.0 Å². The number of fused-ring (bicyclic) bond motifs is 1. The van der Waals surface area contributed by atoms with Crippen LogP contribution in [0.25, 0.3) is 11.0 Å². The third kappa shape index (κ3) is 5.63. The zero-order valence-electron chi connectivity index (χ0n) is 18.1. The van der Waals surface area contributed by atoms with Crippen LogP contribution in [-0.2, 0) is 16.0 Å². The molecule has 3 aromatic rings. The molecular weight excluding hydrogens is 636 g/mol. The van der Waals surface area contributed by atoms with Crippen LogP contribution in [0, 0.1) is 13.1 Å². The van der Waals surface area contributed by atoms with Gasteiger partial charge in [-0.3, -0.25) is 9.59 Å². The summed E-state index contributed by atoms with van der Waals surface area (Å²) in [5.74, 6) is 0.576. The van der Waals surface area contributed by atoms with Gasteiger partial charge in [-0.25, -0.2) is 0 Å². The fraction of sp³-hybridized carbons (Fsp3) is 0.333. The summed E-state index contributed by atoms with van der Waals surface area (Å²) < 4.78 is 18.8. The summed E-state index contributed by atoms with van der Waals surface area (Å²) >= 11 is 4.30. The molecule has 0 spiro atoms. The minimum absolute atomic E-state index is 0.112.